The number of aromatic nitrogens is 3. The van der Waals surface area contributed by atoms with Crippen molar-refractivity contribution in [2.24, 2.45) is 0 Å². The van der Waals surface area contributed by atoms with E-state index in [1.165, 1.54) is 0 Å². The quantitative estimate of drug-likeness (QED) is 0.408. The summed E-state index contributed by atoms with van der Waals surface area (Å²) >= 11 is 3.50. The number of fused-ring (bicyclic) bond motifs is 1. The lowest BCUT2D eigenvalue weighted by molar-refractivity contribution is 0.122. The Kier molecular flexibility index (Phi) is 6.45. The highest BCUT2D eigenvalue weighted by molar-refractivity contribution is 9.10. The number of methoxy groups -OCH3 is 1. The van der Waals surface area contributed by atoms with Crippen molar-refractivity contribution in [1.29, 1.82) is 0 Å². The van der Waals surface area contributed by atoms with Crippen LogP contribution in [0, 0.1) is 6.92 Å². The molecule has 0 aliphatic carbocycles. The molecule has 1 saturated heterocycles. The van der Waals surface area contributed by atoms with Crippen LogP contribution in [0.4, 0.5) is 5.69 Å². The van der Waals surface area contributed by atoms with Gasteiger partial charge in [0.15, 0.2) is 0 Å². The molecule has 8 heteroatoms. The number of halogens is 1. The first-order valence-electron chi connectivity index (χ1n) is 11.1. The van der Waals surface area contributed by atoms with E-state index in [4.69, 9.17) is 9.47 Å². The lowest BCUT2D eigenvalue weighted by Crippen LogP contribution is -2.36. The van der Waals surface area contributed by atoms with Crippen LogP contribution < -0.4 is 9.64 Å². The molecule has 0 amide bonds. The van der Waals surface area contributed by atoms with Crippen LogP contribution in [0.1, 0.15) is 22.9 Å². The zero-order valence-corrected chi connectivity index (χ0v) is 20.6. The third kappa shape index (κ3) is 4.36. The highest BCUT2D eigenvalue weighted by atomic mass is 79.9. The fourth-order valence-corrected chi connectivity index (χ4v) is 4.79. The zero-order chi connectivity index (χ0) is 23.7. The largest absolute Gasteiger partial charge is 0.495 e. The number of hydrogen-bond donors (Lipinski definition) is 1. The number of aliphatic hydroxyl groups excluding tert-OH is 1. The number of pyridine rings is 1. The molecule has 3 heterocycles. The van der Waals surface area contributed by atoms with Gasteiger partial charge < -0.3 is 19.5 Å². The molecule has 5 rings (SSSR count). The molecule has 0 spiro atoms. The topological polar surface area (TPSA) is 80.6 Å². The van der Waals surface area contributed by atoms with Crippen molar-refractivity contribution in [1.82, 2.24) is 15.0 Å². The molecular weight excluding hydrogens is 496 g/mol. The fourth-order valence-electron chi connectivity index (χ4n) is 4.24. The normalized spacial score (nSPS) is 14.9. The van der Waals surface area contributed by atoms with Crippen LogP contribution in [0.25, 0.3) is 22.2 Å². The van der Waals surface area contributed by atoms with E-state index in [9.17, 15) is 5.11 Å². The summed E-state index contributed by atoms with van der Waals surface area (Å²) in [6, 6.07) is 14.0. The van der Waals surface area contributed by atoms with E-state index in [2.05, 4.69) is 54.0 Å². The van der Waals surface area contributed by atoms with E-state index < -0.39 is 6.10 Å². The Morgan fingerprint density at radius 2 is 1.88 bits per heavy atom. The summed E-state index contributed by atoms with van der Waals surface area (Å²) in [5, 5.41) is 12.1. The summed E-state index contributed by atoms with van der Waals surface area (Å²) in [5.41, 5.74) is 6.14. The van der Waals surface area contributed by atoms with Crippen LogP contribution in [0.3, 0.4) is 0 Å². The fraction of sp³-hybridized carbons (Fsp3) is 0.269. The number of aryl methyl sites for hydroxylation is 1. The number of anilines is 1. The molecular formula is C26H25BrN4O3. The minimum Gasteiger partial charge on any atom is -0.495 e. The zero-order valence-electron chi connectivity index (χ0n) is 19.0. The Morgan fingerprint density at radius 1 is 1.06 bits per heavy atom. The van der Waals surface area contributed by atoms with Crippen LogP contribution in [0.2, 0.25) is 0 Å². The molecule has 1 atom stereocenters. The van der Waals surface area contributed by atoms with E-state index in [1.807, 2.05) is 25.1 Å². The van der Waals surface area contributed by atoms with Crippen molar-refractivity contribution >= 4 is 32.5 Å². The smallest absolute Gasteiger partial charge is 0.138 e. The predicted molar refractivity (Wildman–Crippen MR) is 135 cm³/mol. The number of aliphatic hydroxyl groups is 1. The van der Waals surface area contributed by atoms with Gasteiger partial charge in [0.25, 0.3) is 0 Å². The van der Waals surface area contributed by atoms with Gasteiger partial charge in [-0.1, -0.05) is 12.1 Å². The molecule has 1 aliphatic rings. The monoisotopic (exact) mass is 520 g/mol. The van der Waals surface area contributed by atoms with Gasteiger partial charge in [-0.05, 0) is 64.3 Å². The number of benzene rings is 2. The second kappa shape index (κ2) is 9.66. The molecule has 0 saturated carbocycles. The maximum atomic E-state index is 11.1. The molecule has 34 heavy (non-hydrogen) atoms. The second-order valence-corrected chi connectivity index (χ2v) is 9.10. The SMILES string of the molecule is COc1cnc(C(O)c2ccc(C)c(-c3ncnc4cc(N5CCOCC5)ccc34)c2)c(Br)c1. The van der Waals surface area contributed by atoms with Gasteiger partial charge in [-0.25, -0.2) is 9.97 Å². The van der Waals surface area contributed by atoms with Gasteiger partial charge in [0.1, 0.15) is 18.2 Å². The first-order valence-corrected chi connectivity index (χ1v) is 11.9. The average molecular weight is 521 g/mol. The highest BCUT2D eigenvalue weighted by Crippen LogP contribution is 2.35. The maximum Gasteiger partial charge on any atom is 0.138 e. The number of hydrogen-bond acceptors (Lipinski definition) is 7. The summed E-state index contributed by atoms with van der Waals surface area (Å²) < 4.78 is 11.4. The average Bonchev–Trinajstić information content (AvgIpc) is 2.88. The summed E-state index contributed by atoms with van der Waals surface area (Å²) in [7, 11) is 1.59. The van der Waals surface area contributed by atoms with E-state index in [0.717, 1.165) is 65.3 Å². The summed E-state index contributed by atoms with van der Waals surface area (Å²) in [6.07, 6.45) is 2.30. The van der Waals surface area contributed by atoms with Crippen molar-refractivity contribution < 1.29 is 14.6 Å². The van der Waals surface area contributed by atoms with E-state index >= 15 is 0 Å². The molecule has 0 bridgehead atoms. The number of nitrogens with zero attached hydrogens (tertiary/aromatic N) is 4. The standard InChI is InChI=1S/C26H25BrN4O3/c1-16-3-4-17(26(32)25-22(27)13-19(33-2)14-28-25)11-21(16)24-20-6-5-18(12-23(20)29-15-30-24)31-7-9-34-10-8-31/h3-6,11-15,26,32H,7-10H2,1-2H3. The first kappa shape index (κ1) is 22.7. The number of morpholine rings is 1. The van der Waals surface area contributed by atoms with Crippen molar-refractivity contribution in [3.8, 4) is 17.0 Å². The van der Waals surface area contributed by atoms with Crippen LogP contribution in [-0.2, 0) is 4.74 Å². The van der Waals surface area contributed by atoms with Gasteiger partial charge in [0, 0.05) is 34.2 Å². The van der Waals surface area contributed by atoms with Crippen molar-refractivity contribution in [3.63, 3.8) is 0 Å². The summed E-state index contributed by atoms with van der Waals surface area (Å²) in [4.78, 5) is 15.9. The predicted octanol–water partition coefficient (Wildman–Crippen LogP) is 4.69. The number of rotatable bonds is 5. The first-order chi connectivity index (χ1) is 16.5. The lowest BCUT2D eigenvalue weighted by atomic mass is 9.96. The van der Waals surface area contributed by atoms with Crippen LogP contribution >= 0.6 is 15.9 Å². The Labute approximate surface area is 206 Å². The van der Waals surface area contributed by atoms with Crippen molar-refractivity contribution in [2.45, 2.75) is 13.0 Å². The molecule has 2 aromatic heterocycles. The lowest BCUT2D eigenvalue weighted by Gasteiger charge is -2.29. The third-order valence-corrected chi connectivity index (χ3v) is 6.80. The minimum absolute atomic E-state index is 0.526. The van der Waals surface area contributed by atoms with Gasteiger partial charge in [-0.15, -0.1) is 0 Å². The van der Waals surface area contributed by atoms with Crippen molar-refractivity contribution in [2.75, 3.05) is 38.3 Å². The maximum absolute atomic E-state index is 11.1. The number of ether oxygens (including phenoxy) is 2. The third-order valence-electron chi connectivity index (χ3n) is 6.17. The van der Waals surface area contributed by atoms with Gasteiger partial charge in [-0.3, -0.25) is 4.98 Å². The summed E-state index contributed by atoms with van der Waals surface area (Å²) in [6.45, 7) is 5.26. The Hall–Kier alpha value is -3.07. The van der Waals surface area contributed by atoms with Gasteiger partial charge >= 0.3 is 0 Å². The van der Waals surface area contributed by atoms with Crippen LogP contribution in [-0.4, -0.2) is 53.5 Å². The molecule has 1 aliphatic heterocycles. The van der Waals surface area contributed by atoms with Crippen LogP contribution in [0.5, 0.6) is 5.75 Å². The van der Waals surface area contributed by atoms with E-state index in [-0.39, 0.29) is 0 Å². The molecule has 7 nitrogen and oxygen atoms in total. The Balaban J connectivity index is 1.53. The van der Waals surface area contributed by atoms with Gasteiger partial charge in [0.05, 0.1) is 43.4 Å². The molecule has 0 radical (unpaired) electrons. The molecule has 174 valence electrons. The van der Waals surface area contributed by atoms with E-state index in [1.54, 1.807) is 25.7 Å². The van der Waals surface area contributed by atoms with Gasteiger partial charge in [0.2, 0.25) is 0 Å². The Morgan fingerprint density at radius 3 is 2.65 bits per heavy atom. The van der Waals surface area contributed by atoms with E-state index in [0.29, 0.717) is 15.9 Å². The van der Waals surface area contributed by atoms with Gasteiger partial charge in [-0.2, -0.15) is 0 Å². The second-order valence-electron chi connectivity index (χ2n) is 8.24. The molecule has 1 unspecified atom stereocenters. The van der Waals surface area contributed by atoms with Crippen molar-refractivity contribution in [3.05, 3.63) is 76.3 Å². The minimum atomic E-state index is -0.902. The highest BCUT2D eigenvalue weighted by Gasteiger charge is 2.19. The Bertz CT molecular complexity index is 1340. The summed E-state index contributed by atoms with van der Waals surface area (Å²) in [5.74, 6) is 0.622. The molecule has 4 aromatic rings. The molecule has 1 fully saturated rings. The molecule has 1 N–H and O–H groups in total. The molecule has 2 aromatic carbocycles. The van der Waals surface area contributed by atoms with Crippen LogP contribution in [0.15, 0.2) is 59.5 Å².